The molecule has 1 amide bonds. The third-order valence-corrected chi connectivity index (χ3v) is 3.18. The minimum atomic E-state index is -0.913. The summed E-state index contributed by atoms with van der Waals surface area (Å²) in [6.45, 7) is 1.73. The smallest absolute Gasteiger partial charge is 0.220 e. The second kappa shape index (κ2) is 6.92. The number of halogens is 2. The second-order valence-electron chi connectivity index (χ2n) is 4.82. The Morgan fingerprint density at radius 2 is 2.10 bits per heavy atom. The monoisotopic (exact) mass is 290 g/mol. The minimum Gasteiger partial charge on any atom is -0.350 e. The van der Waals surface area contributed by atoms with Crippen molar-refractivity contribution >= 4 is 5.91 Å². The summed E-state index contributed by atoms with van der Waals surface area (Å²) in [6, 6.07) is 6.96. The highest BCUT2D eigenvalue weighted by Crippen LogP contribution is 2.16. The number of aryl methyl sites for hydroxylation is 1. The van der Waals surface area contributed by atoms with E-state index in [4.69, 9.17) is 0 Å². The second-order valence-corrected chi connectivity index (χ2v) is 4.82. The molecule has 3 nitrogen and oxygen atoms in total. The van der Waals surface area contributed by atoms with Crippen LogP contribution in [0.1, 0.15) is 30.5 Å². The fourth-order valence-electron chi connectivity index (χ4n) is 1.98. The molecule has 0 aliphatic heterocycles. The van der Waals surface area contributed by atoms with E-state index in [1.807, 2.05) is 12.1 Å². The molecule has 0 fully saturated rings. The van der Waals surface area contributed by atoms with Crippen molar-refractivity contribution in [2.24, 2.45) is 0 Å². The zero-order valence-electron chi connectivity index (χ0n) is 11.6. The van der Waals surface area contributed by atoms with Crippen LogP contribution in [-0.4, -0.2) is 10.9 Å². The molecule has 1 N–H and O–H groups in total. The molecule has 0 aliphatic rings. The number of nitrogens with one attached hydrogen (secondary N) is 1. The van der Waals surface area contributed by atoms with E-state index in [0.29, 0.717) is 18.4 Å². The molecular weight excluding hydrogens is 274 g/mol. The van der Waals surface area contributed by atoms with E-state index in [9.17, 15) is 13.6 Å². The standard InChI is InChI=1S/C16H16F2N2O/c1-11(13-5-6-14(17)15(18)9-13)20-16(21)7-4-12-3-2-8-19-10-12/h2-3,5-6,8-11H,4,7H2,1H3,(H,20,21)/t11-/m1/s1. The molecule has 0 aliphatic carbocycles. The topological polar surface area (TPSA) is 42.0 Å². The molecule has 21 heavy (non-hydrogen) atoms. The summed E-state index contributed by atoms with van der Waals surface area (Å²) >= 11 is 0. The van der Waals surface area contributed by atoms with Crippen LogP contribution >= 0.6 is 0 Å². The normalized spacial score (nSPS) is 12.0. The van der Waals surface area contributed by atoms with Crippen molar-refractivity contribution in [2.45, 2.75) is 25.8 Å². The first-order valence-electron chi connectivity index (χ1n) is 6.69. The van der Waals surface area contributed by atoms with E-state index < -0.39 is 11.6 Å². The van der Waals surface area contributed by atoms with E-state index in [1.54, 1.807) is 19.3 Å². The summed E-state index contributed by atoms with van der Waals surface area (Å²) in [6.07, 6.45) is 4.30. The third kappa shape index (κ3) is 4.34. The lowest BCUT2D eigenvalue weighted by Gasteiger charge is -2.14. The SMILES string of the molecule is C[C@@H](NC(=O)CCc1cccnc1)c1ccc(F)c(F)c1. The van der Waals surface area contributed by atoms with E-state index in [2.05, 4.69) is 10.3 Å². The molecule has 1 atom stereocenters. The molecule has 0 bridgehead atoms. The van der Waals surface area contributed by atoms with Crippen LogP contribution in [0.2, 0.25) is 0 Å². The Morgan fingerprint density at radius 3 is 2.76 bits per heavy atom. The van der Waals surface area contributed by atoms with E-state index >= 15 is 0 Å². The van der Waals surface area contributed by atoms with Crippen molar-refractivity contribution in [3.05, 3.63) is 65.5 Å². The molecule has 1 aromatic carbocycles. The average Bonchev–Trinajstić information content (AvgIpc) is 2.49. The number of carbonyl (C=O) groups is 1. The highest BCUT2D eigenvalue weighted by Gasteiger charge is 2.12. The van der Waals surface area contributed by atoms with E-state index in [0.717, 1.165) is 17.7 Å². The molecule has 0 radical (unpaired) electrons. The van der Waals surface area contributed by atoms with Crippen LogP contribution in [-0.2, 0) is 11.2 Å². The molecule has 2 aromatic rings. The molecule has 1 aromatic heterocycles. The van der Waals surface area contributed by atoms with Gasteiger partial charge in [-0.05, 0) is 42.7 Å². The molecule has 2 rings (SSSR count). The zero-order chi connectivity index (χ0) is 15.2. The lowest BCUT2D eigenvalue weighted by molar-refractivity contribution is -0.121. The lowest BCUT2D eigenvalue weighted by atomic mass is 10.1. The van der Waals surface area contributed by atoms with Gasteiger partial charge < -0.3 is 5.32 Å². The van der Waals surface area contributed by atoms with Gasteiger partial charge in [0, 0.05) is 18.8 Å². The molecule has 5 heteroatoms. The van der Waals surface area contributed by atoms with Crippen molar-refractivity contribution in [3.8, 4) is 0 Å². The van der Waals surface area contributed by atoms with Crippen molar-refractivity contribution in [1.29, 1.82) is 0 Å². The number of aromatic nitrogens is 1. The average molecular weight is 290 g/mol. The van der Waals surface area contributed by atoms with Gasteiger partial charge in [0.05, 0.1) is 6.04 Å². The number of nitrogens with zero attached hydrogens (tertiary/aromatic N) is 1. The third-order valence-electron chi connectivity index (χ3n) is 3.18. The van der Waals surface area contributed by atoms with E-state index in [-0.39, 0.29) is 11.9 Å². The Hall–Kier alpha value is -2.30. The van der Waals surface area contributed by atoms with Gasteiger partial charge in [-0.15, -0.1) is 0 Å². The number of hydrogen-bond acceptors (Lipinski definition) is 2. The Labute approximate surface area is 122 Å². The summed E-state index contributed by atoms with van der Waals surface area (Å²) in [5.41, 5.74) is 1.51. The Bertz CT molecular complexity index is 617. The molecule has 0 unspecified atom stereocenters. The van der Waals surface area contributed by atoms with Crippen molar-refractivity contribution in [2.75, 3.05) is 0 Å². The fourth-order valence-corrected chi connectivity index (χ4v) is 1.98. The van der Waals surface area contributed by atoms with Gasteiger partial charge in [-0.1, -0.05) is 12.1 Å². The zero-order valence-corrected chi connectivity index (χ0v) is 11.6. The number of amides is 1. The Balaban J connectivity index is 1.88. The quantitative estimate of drug-likeness (QED) is 0.919. The van der Waals surface area contributed by atoms with Crippen LogP contribution in [0.4, 0.5) is 8.78 Å². The van der Waals surface area contributed by atoms with Crippen LogP contribution in [0, 0.1) is 11.6 Å². The number of hydrogen-bond donors (Lipinski definition) is 1. The lowest BCUT2D eigenvalue weighted by Crippen LogP contribution is -2.26. The van der Waals surface area contributed by atoms with Gasteiger partial charge >= 0.3 is 0 Å². The van der Waals surface area contributed by atoms with Gasteiger partial charge in [0.2, 0.25) is 5.91 Å². The first kappa shape index (κ1) is 15.1. The van der Waals surface area contributed by atoms with Gasteiger partial charge in [0.15, 0.2) is 11.6 Å². The number of rotatable bonds is 5. The van der Waals surface area contributed by atoms with Crippen LogP contribution in [0.3, 0.4) is 0 Å². The Kier molecular flexibility index (Phi) is 4.98. The van der Waals surface area contributed by atoms with Gasteiger partial charge in [-0.3, -0.25) is 9.78 Å². The largest absolute Gasteiger partial charge is 0.350 e. The summed E-state index contributed by atoms with van der Waals surface area (Å²) in [7, 11) is 0. The molecule has 0 saturated heterocycles. The summed E-state index contributed by atoms with van der Waals surface area (Å²) in [5.74, 6) is -1.95. The van der Waals surface area contributed by atoms with Crippen molar-refractivity contribution < 1.29 is 13.6 Å². The molecule has 0 spiro atoms. The maximum atomic E-state index is 13.2. The number of carbonyl (C=O) groups excluding carboxylic acids is 1. The summed E-state index contributed by atoms with van der Waals surface area (Å²) < 4.78 is 26.0. The summed E-state index contributed by atoms with van der Waals surface area (Å²) in [5, 5.41) is 2.76. The first-order valence-corrected chi connectivity index (χ1v) is 6.69. The van der Waals surface area contributed by atoms with Gasteiger partial charge in [0.25, 0.3) is 0 Å². The van der Waals surface area contributed by atoms with Gasteiger partial charge in [-0.25, -0.2) is 8.78 Å². The minimum absolute atomic E-state index is 0.143. The highest BCUT2D eigenvalue weighted by atomic mass is 19.2. The molecule has 0 saturated carbocycles. The predicted octanol–water partition coefficient (Wildman–Crippen LogP) is 3.17. The van der Waals surface area contributed by atoms with Gasteiger partial charge in [0.1, 0.15) is 0 Å². The maximum absolute atomic E-state index is 13.2. The van der Waals surface area contributed by atoms with Crippen LogP contribution in [0.15, 0.2) is 42.7 Å². The maximum Gasteiger partial charge on any atom is 0.220 e. The number of benzene rings is 1. The van der Waals surface area contributed by atoms with Crippen LogP contribution in [0.5, 0.6) is 0 Å². The van der Waals surface area contributed by atoms with Crippen LogP contribution < -0.4 is 5.32 Å². The Morgan fingerprint density at radius 1 is 1.29 bits per heavy atom. The van der Waals surface area contributed by atoms with Crippen molar-refractivity contribution in [3.63, 3.8) is 0 Å². The molecular formula is C16H16F2N2O. The number of pyridine rings is 1. The summed E-state index contributed by atoms with van der Waals surface area (Å²) in [4.78, 5) is 15.8. The predicted molar refractivity (Wildman–Crippen MR) is 75.5 cm³/mol. The van der Waals surface area contributed by atoms with Gasteiger partial charge in [-0.2, -0.15) is 0 Å². The van der Waals surface area contributed by atoms with Crippen LogP contribution in [0.25, 0.3) is 0 Å². The highest BCUT2D eigenvalue weighted by molar-refractivity contribution is 5.76. The molecule has 110 valence electrons. The van der Waals surface area contributed by atoms with Crippen molar-refractivity contribution in [1.82, 2.24) is 10.3 Å². The fraction of sp³-hybridized carbons (Fsp3) is 0.250. The van der Waals surface area contributed by atoms with E-state index in [1.165, 1.54) is 6.07 Å². The first-order chi connectivity index (χ1) is 10.1. The molecule has 1 heterocycles.